The predicted molar refractivity (Wildman–Crippen MR) is 92.2 cm³/mol. The van der Waals surface area contributed by atoms with E-state index < -0.39 is 25.4 Å². The summed E-state index contributed by atoms with van der Waals surface area (Å²) in [5, 5.41) is 1.35. The number of carbonyl (C=O) groups excluding carboxylic acids is 2. The van der Waals surface area contributed by atoms with Gasteiger partial charge in [0.15, 0.2) is 5.41 Å². The molecule has 0 saturated heterocycles. The second-order valence-electron chi connectivity index (χ2n) is 6.98. The zero-order valence-electron chi connectivity index (χ0n) is 14.6. The average Bonchev–Trinajstić information content (AvgIpc) is 2.93. The quantitative estimate of drug-likeness (QED) is 0.483. The van der Waals surface area contributed by atoms with Gasteiger partial charge in [-0.15, -0.1) is 0 Å². The summed E-state index contributed by atoms with van der Waals surface area (Å²) in [5.74, 6) is -1.02. The molecule has 1 aliphatic carbocycles. The SMILES string of the molecule is COC(=O)C1(C(=O)OC)CC[C@H]([Si](C)(C)c2ccccc2)[C@@H]1C. The number of esters is 2. The average molecular weight is 334 g/mol. The van der Waals surface area contributed by atoms with Crippen molar-refractivity contribution in [1.29, 1.82) is 0 Å². The van der Waals surface area contributed by atoms with Crippen LogP contribution in [0.15, 0.2) is 30.3 Å². The molecule has 0 heterocycles. The Morgan fingerprint density at radius 2 is 1.61 bits per heavy atom. The smallest absolute Gasteiger partial charge is 0.323 e. The van der Waals surface area contributed by atoms with Crippen LogP contribution in [-0.4, -0.2) is 34.2 Å². The van der Waals surface area contributed by atoms with Crippen molar-refractivity contribution in [3.8, 4) is 0 Å². The van der Waals surface area contributed by atoms with Gasteiger partial charge >= 0.3 is 11.9 Å². The van der Waals surface area contributed by atoms with Gasteiger partial charge in [-0.25, -0.2) is 0 Å². The minimum absolute atomic E-state index is 0.0933. The molecule has 0 N–H and O–H groups in total. The first-order valence-corrected chi connectivity index (χ1v) is 11.1. The molecule has 5 heteroatoms. The van der Waals surface area contributed by atoms with Gasteiger partial charge in [-0.2, -0.15) is 0 Å². The molecule has 0 aliphatic heterocycles. The fourth-order valence-corrected chi connectivity index (χ4v) is 8.18. The monoisotopic (exact) mass is 334 g/mol. The highest BCUT2D eigenvalue weighted by Gasteiger charge is 2.61. The Morgan fingerprint density at radius 3 is 2.09 bits per heavy atom. The van der Waals surface area contributed by atoms with Gasteiger partial charge in [-0.05, 0) is 17.9 Å². The van der Waals surface area contributed by atoms with Gasteiger partial charge in [0.1, 0.15) is 0 Å². The molecule has 0 radical (unpaired) electrons. The third kappa shape index (κ3) is 2.71. The molecule has 1 aromatic carbocycles. The van der Waals surface area contributed by atoms with E-state index >= 15 is 0 Å². The van der Waals surface area contributed by atoms with Crippen molar-refractivity contribution in [2.75, 3.05) is 14.2 Å². The molecule has 0 amide bonds. The fourth-order valence-electron chi connectivity index (χ4n) is 4.30. The normalized spacial score (nSPS) is 23.3. The molecule has 1 aliphatic rings. The van der Waals surface area contributed by atoms with Crippen LogP contribution in [0, 0.1) is 11.3 Å². The summed E-state index contributed by atoms with van der Waals surface area (Å²) in [6.07, 6.45) is 1.35. The Balaban J connectivity index is 2.41. The van der Waals surface area contributed by atoms with Crippen molar-refractivity contribution in [1.82, 2.24) is 0 Å². The van der Waals surface area contributed by atoms with E-state index in [1.807, 2.05) is 13.0 Å². The van der Waals surface area contributed by atoms with Crippen LogP contribution in [0.5, 0.6) is 0 Å². The minimum Gasteiger partial charge on any atom is -0.468 e. The van der Waals surface area contributed by atoms with Crippen LogP contribution in [0.25, 0.3) is 0 Å². The van der Waals surface area contributed by atoms with Gasteiger partial charge in [-0.3, -0.25) is 9.59 Å². The van der Waals surface area contributed by atoms with Gasteiger partial charge in [0, 0.05) is 0 Å². The second kappa shape index (κ2) is 6.47. The molecule has 2 rings (SSSR count). The number of hydrogen-bond donors (Lipinski definition) is 0. The third-order valence-corrected chi connectivity index (χ3v) is 10.2. The highest BCUT2D eigenvalue weighted by molar-refractivity contribution is 6.91. The molecule has 0 aromatic heterocycles. The first kappa shape index (κ1) is 17.7. The molecule has 0 bridgehead atoms. The van der Waals surface area contributed by atoms with Crippen LogP contribution in [-0.2, 0) is 19.1 Å². The Kier molecular flexibility index (Phi) is 4.99. The summed E-state index contributed by atoms with van der Waals surface area (Å²) in [7, 11) is 0.849. The number of carbonyl (C=O) groups is 2. The maximum Gasteiger partial charge on any atom is 0.323 e. The van der Waals surface area contributed by atoms with Crippen LogP contribution >= 0.6 is 0 Å². The van der Waals surface area contributed by atoms with Crippen LogP contribution in [0.2, 0.25) is 18.6 Å². The minimum atomic E-state index is -1.83. The number of hydrogen-bond acceptors (Lipinski definition) is 4. The Bertz CT molecular complexity index is 566. The van der Waals surface area contributed by atoms with Gasteiger partial charge in [0.2, 0.25) is 0 Å². The lowest BCUT2D eigenvalue weighted by Gasteiger charge is -2.37. The van der Waals surface area contributed by atoms with Crippen LogP contribution in [0.4, 0.5) is 0 Å². The van der Waals surface area contributed by atoms with Gasteiger partial charge in [0.05, 0.1) is 22.3 Å². The standard InChI is InChI=1S/C18H26O4Si/c1-13-15(23(4,5)14-9-7-6-8-10-14)11-12-18(13,16(19)21-2)17(20)22-3/h6-10,13,15H,11-12H2,1-5H3/t13-,15-/m0/s1. The maximum atomic E-state index is 12.4. The summed E-state index contributed by atoms with van der Waals surface area (Å²) in [6, 6.07) is 10.4. The molecule has 2 atom stereocenters. The number of ether oxygens (including phenoxy) is 2. The van der Waals surface area contributed by atoms with Gasteiger partial charge < -0.3 is 9.47 Å². The van der Waals surface area contributed by atoms with Gasteiger partial charge in [0.25, 0.3) is 0 Å². The third-order valence-electron chi connectivity index (χ3n) is 5.77. The van der Waals surface area contributed by atoms with Crippen molar-refractivity contribution in [3.05, 3.63) is 30.3 Å². The van der Waals surface area contributed by atoms with Crippen molar-refractivity contribution in [2.45, 2.75) is 38.4 Å². The molecule has 23 heavy (non-hydrogen) atoms. The van der Waals surface area contributed by atoms with E-state index in [2.05, 4.69) is 37.4 Å². The molecule has 1 fully saturated rings. The maximum absolute atomic E-state index is 12.4. The lowest BCUT2D eigenvalue weighted by atomic mass is 9.78. The largest absolute Gasteiger partial charge is 0.468 e. The molecular formula is C18H26O4Si. The summed E-state index contributed by atoms with van der Waals surface area (Å²) in [6.45, 7) is 6.63. The summed E-state index contributed by atoms with van der Waals surface area (Å²) in [4.78, 5) is 24.9. The van der Waals surface area contributed by atoms with E-state index in [-0.39, 0.29) is 5.92 Å². The summed E-state index contributed by atoms with van der Waals surface area (Å²) >= 11 is 0. The van der Waals surface area contributed by atoms with Crippen LogP contribution in [0.3, 0.4) is 0 Å². The van der Waals surface area contributed by atoms with Gasteiger partial charge in [-0.1, -0.05) is 62.0 Å². The number of methoxy groups -OCH3 is 2. The van der Waals surface area contributed by atoms with E-state index in [1.165, 1.54) is 19.4 Å². The predicted octanol–water partition coefficient (Wildman–Crippen LogP) is 2.73. The highest BCUT2D eigenvalue weighted by Crippen LogP contribution is 2.54. The lowest BCUT2D eigenvalue weighted by molar-refractivity contribution is -0.171. The number of benzene rings is 1. The Hall–Kier alpha value is -1.62. The lowest BCUT2D eigenvalue weighted by Crippen LogP contribution is -2.51. The fraction of sp³-hybridized carbons (Fsp3) is 0.556. The van der Waals surface area contributed by atoms with E-state index in [9.17, 15) is 9.59 Å². The molecule has 1 aromatic rings. The summed E-state index contributed by atoms with van der Waals surface area (Å²) in [5.41, 5.74) is -0.837. The van der Waals surface area contributed by atoms with E-state index in [0.717, 1.165) is 6.42 Å². The van der Waals surface area contributed by atoms with Crippen molar-refractivity contribution >= 4 is 25.2 Å². The van der Waals surface area contributed by atoms with E-state index in [4.69, 9.17) is 9.47 Å². The first-order valence-electron chi connectivity index (χ1n) is 8.04. The summed E-state index contributed by atoms with van der Waals surface area (Å²) < 4.78 is 9.95. The molecule has 126 valence electrons. The molecule has 0 spiro atoms. The van der Waals surface area contributed by atoms with Crippen molar-refractivity contribution in [2.24, 2.45) is 11.3 Å². The molecule has 1 saturated carbocycles. The number of rotatable bonds is 4. The van der Waals surface area contributed by atoms with E-state index in [1.54, 1.807) is 0 Å². The Morgan fingerprint density at radius 1 is 1.09 bits per heavy atom. The van der Waals surface area contributed by atoms with Crippen molar-refractivity contribution < 1.29 is 19.1 Å². The topological polar surface area (TPSA) is 52.6 Å². The Labute approximate surface area is 139 Å². The van der Waals surface area contributed by atoms with E-state index in [0.29, 0.717) is 12.0 Å². The zero-order chi connectivity index (χ0) is 17.3. The highest BCUT2D eigenvalue weighted by atomic mass is 28.3. The molecular weight excluding hydrogens is 308 g/mol. The molecule has 4 nitrogen and oxygen atoms in total. The first-order chi connectivity index (χ1) is 10.8. The van der Waals surface area contributed by atoms with Crippen LogP contribution in [0.1, 0.15) is 19.8 Å². The van der Waals surface area contributed by atoms with Crippen LogP contribution < -0.4 is 5.19 Å². The zero-order valence-corrected chi connectivity index (χ0v) is 15.6. The second-order valence-corrected chi connectivity index (χ2v) is 11.7. The van der Waals surface area contributed by atoms with Crippen molar-refractivity contribution in [3.63, 3.8) is 0 Å². The molecule has 0 unspecified atom stereocenters.